The topological polar surface area (TPSA) is 70.7 Å². The van der Waals surface area contributed by atoms with Gasteiger partial charge in [-0.1, -0.05) is 31.5 Å². The van der Waals surface area contributed by atoms with E-state index in [1.54, 1.807) is 19.2 Å². The fraction of sp³-hybridized carbons (Fsp3) is 0.267. The summed E-state index contributed by atoms with van der Waals surface area (Å²) in [4.78, 5) is 11.9. The summed E-state index contributed by atoms with van der Waals surface area (Å²) in [7, 11) is 1.65. The molecule has 0 spiro atoms. The van der Waals surface area contributed by atoms with E-state index in [4.69, 9.17) is 5.26 Å². The molecule has 0 bridgehead atoms. The van der Waals surface area contributed by atoms with Crippen LogP contribution in [0.25, 0.3) is 0 Å². The summed E-state index contributed by atoms with van der Waals surface area (Å²) in [6, 6.07) is 10.8. The number of carbonyl (C=O) groups excluding carboxylic acids is 1. The molecule has 104 valence electrons. The normalized spacial score (nSPS) is 9.15. The molecule has 0 saturated heterocycles. The second kappa shape index (κ2) is 7.10. The predicted octanol–water partition coefficient (Wildman–Crippen LogP) is 2.88. The summed E-state index contributed by atoms with van der Waals surface area (Å²) in [5, 5.41) is 15.5. The zero-order valence-corrected chi connectivity index (χ0v) is 12.1. The number of nitrogens with zero attached hydrogens (tertiary/aromatic N) is 3. The van der Waals surface area contributed by atoms with Crippen molar-refractivity contribution in [2.45, 2.75) is 20.8 Å². The number of rotatable bonds is 2. The third-order valence-corrected chi connectivity index (χ3v) is 2.52. The van der Waals surface area contributed by atoms with Gasteiger partial charge < -0.3 is 5.32 Å². The molecule has 1 heterocycles. The predicted molar refractivity (Wildman–Crippen MR) is 78.4 cm³/mol. The van der Waals surface area contributed by atoms with Crippen LogP contribution in [0.5, 0.6) is 0 Å². The number of anilines is 1. The van der Waals surface area contributed by atoms with Gasteiger partial charge in [-0.3, -0.25) is 9.48 Å². The Morgan fingerprint density at radius 1 is 1.35 bits per heavy atom. The minimum absolute atomic E-state index is 0.235. The molecule has 2 rings (SSSR count). The van der Waals surface area contributed by atoms with Gasteiger partial charge >= 0.3 is 0 Å². The Hall–Kier alpha value is -2.61. The number of aryl methyl sites for hydroxylation is 2. The van der Waals surface area contributed by atoms with Gasteiger partial charge in [0.25, 0.3) is 5.91 Å². The van der Waals surface area contributed by atoms with Gasteiger partial charge in [-0.05, 0) is 19.1 Å². The van der Waals surface area contributed by atoms with Gasteiger partial charge in [0.15, 0.2) is 5.82 Å². The van der Waals surface area contributed by atoms with Crippen molar-refractivity contribution in [2.24, 2.45) is 7.05 Å². The van der Waals surface area contributed by atoms with E-state index in [2.05, 4.69) is 10.4 Å². The smallest absolute Gasteiger partial charge is 0.256 e. The molecular formula is C15H18N4O. The monoisotopic (exact) mass is 270 g/mol. The zero-order chi connectivity index (χ0) is 15.1. The van der Waals surface area contributed by atoms with Crippen molar-refractivity contribution >= 4 is 11.7 Å². The largest absolute Gasteiger partial charge is 0.305 e. The minimum Gasteiger partial charge on any atom is -0.305 e. The molecule has 0 radical (unpaired) electrons. The van der Waals surface area contributed by atoms with Gasteiger partial charge in [0.2, 0.25) is 0 Å². The lowest BCUT2D eigenvalue weighted by molar-refractivity contribution is 0.102. The van der Waals surface area contributed by atoms with Gasteiger partial charge in [0.1, 0.15) is 11.8 Å². The first-order chi connectivity index (χ1) is 9.60. The zero-order valence-electron chi connectivity index (χ0n) is 12.1. The van der Waals surface area contributed by atoms with Crippen LogP contribution in [0.4, 0.5) is 5.82 Å². The quantitative estimate of drug-likeness (QED) is 0.912. The van der Waals surface area contributed by atoms with Crippen molar-refractivity contribution in [1.82, 2.24) is 9.78 Å². The van der Waals surface area contributed by atoms with Gasteiger partial charge in [0, 0.05) is 18.7 Å². The van der Waals surface area contributed by atoms with E-state index >= 15 is 0 Å². The number of benzene rings is 1. The molecule has 1 N–H and O–H groups in total. The van der Waals surface area contributed by atoms with Crippen LogP contribution in [0, 0.1) is 18.3 Å². The molecule has 5 heteroatoms. The standard InChI is InChI=1S/C13H12N4O.C2H6/c1-9-4-3-5-10(6-9)13(18)15-12-7-11(8-14)17(2)16-12;1-2/h3-7H,1-2H3,(H,15,16,18);1-2H3. The van der Waals surface area contributed by atoms with E-state index in [9.17, 15) is 4.79 Å². The molecule has 20 heavy (non-hydrogen) atoms. The average Bonchev–Trinajstić information content (AvgIpc) is 2.81. The Morgan fingerprint density at radius 2 is 2.05 bits per heavy atom. The molecule has 0 aliphatic carbocycles. The second-order valence-electron chi connectivity index (χ2n) is 3.97. The van der Waals surface area contributed by atoms with Crippen LogP contribution in [-0.4, -0.2) is 15.7 Å². The third kappa shape index (κ3) is 3.69. The van der Waals surface area contributed by atoms with E-state index < -0.39 is 0 Å². The molecule has 0 fully saturated rings. The Labute approximate surface area is 118 Å². The Morgan fingerprint density at radius 3 is 2.60 bits per heavy atom. The van der Waals surface area contributed by atoms with E-state index in [-0.39, 0.29) is 5.91 Å². The Balaban J connectivity index is 0.000000956. The maximum absolute atomic E-state index is 11.9. The minimum atomic E-state index is -0.235. The average molecular weight is 270 g/mol. The second-order valence-corrected chi connectivity index (χ2v) is 3.97. The van der Waals surface area contributed by atoms with E-state index in [1.165, 1.54) is 10.7 Å². The highest BCUT2D eigenvalue weighted by atomic mass is 16.1. The summed E-state index contributed by atoms with van der Waals surface area (Å²) >= 11 is 0. The SMILES string of the molecule is CC.Cc1cccc(C(=O)Nc2cc(C#N)n(C)n2)c1. The maximum atomic E-state index is 11.9. The fourth-order valence-corrected chi connectivity index (χ4v) is 1.61. The summed E-state index contributed by atoms with van der Waals surface area (Å²) in [6.07, 6.45) is 0. The first-order valence-electron chi connectivity index (χ1n) is 6.42. The van der Waals surface area contributed by atoms with Crippen molar-refractivity contribution in [2.75, 3.05) is 5.32 Å². The first-order valence-corrected chi connectivity index (χ1v) is 6.42. The van der Waals surface area contributed by atoms with Crippen LogP contribution >= 0.6 is 0 Å². The van der Waals surface area contributed by atoms with Crippen LogP contribution in [0.3, 0.4) is 0 Å². The Kier molecular flexibility index (Phi) is 5.48. The third-order valence-electron chi connectivity index (χ3n) is 2.52. The van der Waals surface area contributed by atoms with E-state index in [1.807, 2.05) is 39.0 Å². The van der Waals surface area contributed by atoms with Crippen molar-refractivity contribution in [3.05, 3.63) is 47.2 Å². The number of amides is 1. The van der Waals surface area contributed by atoms with Crippen LogP contribution in [0.1, 0.15) is 35.5 Å². The molecule has 1 aromatic carbocycles. The van der Waals surface area contributed by atoms with Crippen LogP contribution in [0.15, 0.2) is 30.3 Å². The molecule has 5 nitrogen and oxygen atoms in total. The molecule has 0 unspecified atom stereocenters. The summed E-state index contributed by atoms with van der Waals surface area (Å²) in [6.45, 7) is 5.92. The maximum Gasteiger partial charge on any atom is 0.256 e. The highest BCUT2D eigenvalue weighted by Crippen LogP contribution is 2.10. The molecule has 0 saturated carbocycles. The number of hydrogen-bond donors (Lipinski definition) is 1. The van der Waals surface area contributed by atoms with Crippen LogP contribution in [-0.2, 0) is 7.05 Å². The van der Waals surface area contributed by atoms with Crippen LogP contribution < -0.4 is 5.32 Å². The molecule has 1 amide bonds. The van der Waals surface area contributed by atoms with E-state index in [0.717, 1.165) is 5.56 Å². The van der Waals surface area contributed by atoms with Gasteiger partial charge in [-0.2, -0.15) is 10.4 Å². The lowest BCUT2D eigenvalue weighted by Gasteiger charge is -2.02. The Bertz CT molecular complexity index is 638. The molecule has 0 aliphatic rings. The molecule has 0 aliphatic heterocycles. The number of nitrogens with one attached hydrogen (secondary N) is 1. The van der Waals surface area contributed by atoms with Gasteiger partial charge in [-0.25, -0.2) is 0 Å². The van der Waals surface area contributed by atoms with E-state index in [0.29, 0.717) is 17.1 Å². The first kappa shape index (κ1) is 15.4. The van der Waals surface area contributed by atoms with Crippen molar-refractivity contribution in [1.29, 1.82) is 5.26 Å². The highest BCUT2D eigenvalue weighted by molar-refractivity contribution is 6.03. The van der Waals surface area contributed by atoms with Gasteiger partial charge in [0.05, 0.1) is 0 Å². The fourth-order valence-electron chi connectivity index (χ4n) is 1.61. The summed E-state index contributed by atoms with van der Waals surface area (Å²) < 4.78 is 1.42. The lowest BCUT2D eigenvalue weighted by atomic mass is 10.1. The lowest BCUT2D eigenvalue weighted by Crippen LogP contribution is -2.12. The number of nitriles is 1. The van der Waals surface area contributed by atoms with Crippen molar-refractivity contribution < 1.29 is 4.79 Å². The number of aromatic nitrogens is 2. The summed E-state index contributed by atoms with van der Waals surface area (Å²) in [5.74, 6) is 0.141. The van der Waals surface area contributed by atoms with Gasteiger partial charge in [-0.15, -0.1) is 0 Å². The number of hydrogen-bond acceptors (Lipinski definition) is 3. The summed E-state index contributed by atoms with van der Waals surface area (Å²) in [5.41, 5.74) is 1.98. The van der Waals surface area contributed by atoms with Crippen molar-refractivity contribution in [3.63, 3.8) is 0 Å². The van der Waals surface area contributed by atoms with Crippen LogP contribution in [0.2, 0.25) is 0 Å². The molecule has 0 atom stereocenters. The molecule has 1 aromatic heterocycles. The molecule has 2 aromatic rings. The number of carbonyl (C=O) groups is 1. The molecular weight excluding hydrogens is 252 g/mol. The highest BCUT2D eigenvalue weighted by Gasteiger charge is 2.09. The van der Waals surface area contributed by atoms with Crippen molar-refractivity contribution in [3.8, 4) is 6.07 Å².